The number of amides is 1. The first kappa shape index (κ1) is 16.1. The predicted molar refractivity (Wildman–Crippen MR) is 92.6 cm³/mol. The van der Waals surface area contributed by atoms with Crippen molar-refractivity contribution in [3.8, 4) is 0 Å². The SMILES string of the molecule is Cc1cc(C(=O)NC2CCN(c3cc4c(nn3)CCCC4)CC2)no1. The van der Waals surface area contributed by atoms with E-state index in [4.69, 9.17) is 4.52 Å². The quantitative estimate of drug-likeness (QED) is 0.920. The van der Waals surface area contributed by atoms with Gasteiger partial charge in [0.1, 0.15) is 5.76 Å². The molecule has 1 N–H and O–H groups in total. The second-order valence-corrected chi connectivity index (χ2v) is 6.94. The molecule has 0 unspecified atom stereocenters. The summed E-state index contributed by atoms with van der Waals surface area (Å²) in [5, 5.41) is 15.7. The van der Waals surface area contributed by atoms with Gasteiger partial charge in [0, 0.05) is 25.2 Å². The summed E-state index contributed by atoms with van der Waals surface area (Å²) in [6.45, 7) is 3.52. The molecular weight excluding hydrogens is 318 g/mol. The highest BCUT2D eigenvalue weighted by Crippen LogP contribution is 2.24. The molecule has 0 aromatic carbocycles. The maximum absolute atomic E-state index is 12.2. The fourth-order valence-corrected chi connectivity index (χ4v) is 3.62. The number of piperidine rings is 1. The monoisotopic (exact) mass is 341 g/mol. The van der Waals surface area contributed by atoms with Crippen molar-refractivity contribution in [2.24, 2.45) is 0 Å². The van der Waals surface area contributed by atoms with E-state index in [0.717, 1.165) is 44.6 Å². The summed E-state index contributed by atoms with van der Waals surface area (Å²) in [5.74, 6) is 1.45. The van der Waals surface area contributed by atoms with Crippen LogP contribution in [-0.2, 0) is 12.8 Å². The minimum Gasteiger partial charge on any atom is -0.361 e. The molecule has 1 fully saturated rings. The molecule has 7 nitrogen and oxygen atoms in total. The third-order valence-corrected chi connectivity index (χ3v) is 5.07. The summed E-state index contributed by atoms with van der Waals surface area (Å²) in [7, 11) is 0. The lowest BCUT2D eigenvalue weighted by atomic mass is 9.96. The van der Waals surface area contributed by atoms with Gasteiger partial charge in [0.25, 0.3) is 5.91 Å². The summed E-state index contributed by atoms with van der Waals surface area (Å²) in [6, 6.07) is 4.03. The van der Waals surface area contributed by atoms with E-state index in [1.807, 2.05) is 0 Å². The van der Waals surface area contributed by atoms with Gasteiger partial charge in [-0.3, -0.25) is 4.79 Å². The van der Waals surface area contributed by atoms with Crippen LogP contribution in [0.5, 0.6) is 0 Å². The van der Waals surface area contributed by atoms with Crippen LogP contribution >= 0.6 is 0 Å². The maximum Gasteiger partial charge on any atom is 0.273 e. The number of hydrogen-bond donors (Lipinski definition) is 1. The molecule has 1 saturated heterocycles. The number of hydrogen-bond acceptors (Lipinski definition) is 6. The molecule has 2 aromatic heterocycles. The molecule has 3 heterocycles. The second-order valence-electron chi connectivity index (χ2n) is 6.94. The van der Waals surface area contributed by atoms with Crippen molar-refractivity contribution in [3.63, 3.8) is 0 Å². The van der Waals surface area contributed by atoms with E-state index >= 15 is 0 Å². The Balaban J connectivity index is 1.34. The Hall–Kier alpha value is -2.44. The van der Waals surface area contributed by atoms with Crippen molar-refractivity contribution in [2.45, 2.75) is 51.5 Å². The average Bonchev–Trinajstić information content (AvgIpc) is 3.08. The molecule has 1 aliphatic carbocycles. The van der Waals surface area contributed by atoms with Gasteiger partial charge in [0.15, 0.2) is 11.5 Å². The number of nitrogens with zero attached hydrogens (tertiary/aromatic N) is 4. The lowest BCUT2D eigenvalue weighted by Gasteiger charge is -2.33. The van der Waals surface area contributed by atoms with Crippen molar-refractivity contribution < 1.29 is 9.32 Å². The zero-order valence-electron chi connectivity index (χ0n) is 14.5. The molecular formula is C18H23N5O2. The Morgan fingerprint density at radius 2 is 2.00 bits per heavy atom. The summed E-state index contributed by atoms with van der Waals surface area (Å²) in [4.78, 5) is 14.4. The minimum atomic E-state index is -0.163. The molecule has 0 bridgehead atoms. The Morgan fingerprint density at radius 1 is 1.20 bits per heavy atom. The third kappa shape index (κ3) is 3.50. The fourth-order valence-electron chi connectivity index (χ4n) is 3.62. The number of carbonyl (C=O) groups is 1. The van der Waals surface area contributed by atoms with Gasteiger partial charge in [-0.2, -0.15) is 5.10 Å². The van der Waals surface area contributed by atoms with Crippen LogP contribution in [0, 0.1) is 6.92 Å². The van der Waals surface area contributed by atoms with Gasteiger partial charge < -0.3 is 14.7 Å². The first-order chi connectivity index (χ1) is 12.2. The normalized spacial score (nSPS) is 18.0. The number of carbonyl (C=O) groups excluding carboxylic acids is 1. The number of fused-ring (bicyclic) bond motifs is 1. The van der Waals surface area contributed by atoms with Crippen LogP contribution in [0.25, 0.3) is 0 Å². The lowest BCUT2D eigenvalue weighted by Crippen LogP contribution is -2.45. The van der Waals surface area contributed by atoms with E-state index < -0.39 is 0 Å². The van der Waals surface area contributed by atoms with Crippen molar-refractivity contribution in [1.82, 2.24) is 20.7 Å². The Bertz CT molecular complexity index is 765. The van der Waals surface area contributed by atoms with Gasteiger partial charge in [-0.15, -0.1) is 5.10 Å². The first-order valence-corrected chi connectivity index (χ1v) is 9.03. The van der Waals surface area contributed by atoms with E-state index in [1.54, 1.807) is 13.0 Å². The lowest BCUT2D eigenvalue weighted by molar-refractivity contribution is 0.0922. The maximum atomic E-state index is 12.2. The largest absolute Gasteiger partial charge is 0.361 e. The van der Waals surface area contributed by atoms with Crippen LogP contribution in [-0.4, -0.2) is 40.4 Å². The summed E-state index contributed by atoms with van der Waals surface area (Å²) < 4.78 is 4.96. The minimum absolute atomic E-state index is 0.159. The van der Waals surface area contributed by atoms with Crippen molar-refractivity contribution >= 4 is 11.7 Å². The van der Waals surface area contributed by atoms with Gasteiger partial charge in [-0.1, -0.05) is 5.16 Å². The standard InChI is InChI=1S/C18H23N5O2/c1-12-10-16(22-25-12)18(24)19-14-6-8-23(9-7-14)17-11-13-4-2-3-5-15(13)20-21-17/h10-11,14H,2-9H2,1H3,(H,19,24). The van der Waals surface area contributed by atoms with E-state index in [1.165, 1.54) is 24.1 Å². The predicted octanol–water partition coefficient (Wildman–Crippen LogP) is 2.05. The Morgan fingerprint density at radius 3 is 2.76 bits per heavy atom. The molecule has 1 aliphatic heterocycles. The van der Waals surface area contributed by atoms with Gasteiger partial charge in [-0.25, -0.2) is 0 Å². The topological polar surface area (TPSA) is 84.2 Å². The van der Waals surface area contributed by atoms with E-state index in [9.17, 15) is 4.79 Å². The van der Waals surface area contributed by atoms with Crippen LogP contribution in [0.3, 0.4) is 0 Å². The van der Waals surface area contributed by atoms with Crippen molar-refractivity contribution in [1.29, 1.82) is 0 Å². The highest BCUT2D eigenvalue weighted by molar-refractivity contribution is 5.92. The molecule has 2 aliphatic rings. The first-order valence-electron chi connectivity index (χ1n) is 9.03. The van der Waals surface area contributed by atoms with Gasteiger partial charge in [0.2, 0.25) is 0 Å². The zero-order valence-corrected chi connectivity index (χ0v) is 14.5. The highest BCUT2D eigenvalue weighted by Gasteiger charge is 2.24. The van der Waals surface area contributed by atoms with Crippen LogP contribution < -0.4 is 10.2 Å². The molecule has 0 saturated carbocycles. The Labute approximate surface area is 146 Å². The number of anilines is 1. The summed E-state index contributed by atoms with van der Waals surface area (Å²) in [6.07, 6.45) is 6.41. The average molecular weight is 341 g/mol. The van der Waals surface area contributed by atoms with Gasteiger partial charge >= 0.3 is 0 Å². The van der Waals surface area contributed by atoms with Crippen LogP contribution in [0.4, 0.5) is 5.82 Å². The van der Waals surface area contributed by atoms with E-state index in [0.29, 0.717) is 11.5 Å². The third-order valence-electron chi connectivity index (χ3n) is 5.07. The molecule has 7 heteroatoms. The van der Waals surface area contributed by atoms with Crippen molar-refractivity contribution in [3.05, 3.63) is 34.8 Å². The number of aryl methyl sites for hydroxylation is 3. The second kappa shape index (κ2) is 6.82. The fraction of sp³-hybridized carbons (Fsp3) is 0.556. The number of nitrogens with one attached hydrogen (secondary N) is 1. The number of aromatic nitrogens is 3. The molecule has 0 radical (unpaired) electrons. The van der Waals surface area contributed by atoms with E-state index in [-0.39, 0.29) is 11.9 Å². The van der Waals surface area contributed by atoms with Gasteiger partial charge in [-0.05, 0) is 57.1 Å². The van der Waals surface area contributed by atoms with Crippen LogP contribution in [0.1, 0.15) is 53.2 Å². The molecule has 132 valence electrons. The van der Waals surface area contributed by atoms with E-state index in [2.05, 4.69) is 31.6 Å². The summed E-state index contributed by atoms with van der Waals surface area (Å²) >= 11 is 0. The molecule has 2 aromatic rings. The van der Waals surface area contributed by atoms with Crippen LogP contribution in [0.15, 0.2) is 16.7 Å². The van der Waals surface area contributed by atoms with Crippen LogP contribution in [0.2, 0.25) is 0 Å². The molecule has 0 spiro atoms. The molecule has 25 heavy (non-hydrogen) atoms. The molecule has 0 atom stereocenters. The van der Waals surface area contributed by atoms with Gasteiger partial charge in [0.05, 0.1) is 5.69 Å². The smallest absolute Gasteiger partial charge is 0.273 e. The molecule has 1 amide bonds. The number of rotatable bonds is 3. The molecule has 4 rings (SSSR count). The van der Waals surface area contributed by atoms with Crippen molar-refractivity contribution in [2.75, 3.05) is 18.0 Å². The Kier molecular flexibility index (Phi) is 4.38. The summed E-state index contributed by atoms with van der Waals surface area (Å²) in [5.41, 5.74) is 2.87. The highest BCUT2D eigenvalue weighted by atomic mass is 16.5. The zero-order chi connectivity index (χ0) is 17.2.